The highest BCUT2D eigenvalue weighted by Gasteiger charge is 2.02. The Bertz CT molecular complexity index is 471. The topological polar surface area (TPSA) is 43.8 Å². The summed E-state index contributed by atoms with van der Waals surface area (Å²) < 4.78 is 1.69. The van der Waals surface area contributed by atoms with Gasteiger partial charge < -0.3 is 5.73 Å². The standard InChI is InChI=1S/C12H14ClN3/c1-16-12(14)8-11(15-16)6-5-9-3-2-4-10(13)7-9/h2-4,7-8H,5-6,14H2,1H3. The van der Waals surface area contributed by atoms with Gasteiger partial charge in [0.15, 0.2) is 0 Å². The number of aromatic nitrogens is 2. The number of nitrogens with two attached hydrogens (primary N) is 1. The molecule has 1 aromatic carbocycles. The molecule has 2 N–H and O–H groups in total. The first-order chi connectivity index (χ1) is 7.65. The summed E-state index contributed by atoms with van der Waals surface area (Å²) in [5, 5.41) is 5.08. The maximum atomic E-state index is 5.92. The first-order valence-electron chi connectivity index (χ1n) is 5.18. The smallest absolute Gasteiger partial charge is 0.121 e. The summed E-state index contributed by atoms with van der Waals surface area (Å²) in [4.78, 5) is 0. The lowest BCUT2D eigenvalue weighted by atomic mass is 10.1. The van der Waals surface area contributed by atoms with E-state index in [9.17, 15) is 0 Å². The molecule has 2 aromatic rings. The number of aryl methyl sites for hydroxylation is 3. The van der Waals surface area contributed by atoms with Crippen molar-refractivity contribution in [2.75, 3.05) is 5.73 Å². The molecule has 1 heterocycles. The Morgan fingerprint density at radius 2 is 2.12 bits per heavy atom. The van der Waals surface area contributed by atoms with E-state index in [4.69, 9.17) is 17.3 Å². The molecule has 0 unspecified atom stereocenters. The van der Waals surface area contributed by atoms with Crippen molar-refractivity contribution in [3.8, 4) is 0 Å². The summed E-state index contributed by atoms with van der Waals surface area (Å²) in [6, 6.07) is 9.80. The molecular weight excluding hydrogens is 222 g/mol. The van der Waals surface area contributed by atoms with E-state index in [2.05, 4.69) is 11.2 Å². The monoisotopic (exact) mass is 235 g/mol. The van der Waals surface area contributed by atoms with Crippen molar-refractivity contribution in [1.29, 1.82) is 0 Å². The molecule has 84 valence electrons. The minimum atomic E-state index is 0.695. The average molecular weight is 236 g/mol. The molecule has 1 aromatic heterocycles. The van der Waals surface area contributed by atoms with Gasteiger partial charge in [-0.3, -0.25) is 4.68 Å². The van der Waals surface area contributed by atoms with Crippen LogP contribution < -0.4 is 5.73 Å². The van der Waals surface area contributed by atoms with Crippen LogP contribution in [0.5, 0.6) is 0 Å². The fraction of sp³-hybridized carbons (Fsp3) is 0.250. The molecule has 0 saturated carbocycles. The second-order valence-electron chi connectivity index (χ2n) is 3.81. The normalized spacial score (nSPS) is 10.6. The van der Waals surface area contributed by atoms with Crippen LogP contribution in [0.4, 0.5) is 5.82 Å². The van der Waals surface area contributed by atoms with E-state index in [0.717, 1.165) is 23.6 Å². The van der Waals surface area contributed by atoms with E-state index in [0.29, 0.717) is 5.82 Å². The van der Waals surface area contributed by atoms with Gasteiger partial charge in [-0.25, -0.2) is 0 Å². The van der Waals surface area contributed by atoms with E-state index in [1.54, 1.807) is 4.68 Å². The summed E-state index contributed by atoms with van der Waals surface area (Å²) in [5.74, 6) is 0.695. The van der Waals surface area contributed by atoms with Gasteiger partial charge >= 0.3 is 0 Å². The molecule has 0 aliphatic carbocycles. The van der Waals surface area contributed by atoms with Gasteiger partial charge in [-0.1, -0.05) is 23.7 Å². The maximum absolute atomic E-state index is 5.92. The minimum absolute atomic E-state index is 0.695. The molecule has 16 heavy (non-hydrogen) atoms. The Morgan fingerprint density at radius 3 is 2.75 bits per heavy atom. The molecule has 0 aliphatic rings. The van der Waals surface area contributed by atoms with E-state index < -0.39 is 0 Å². The summed E-state index contributed by atoms with van der Waals surface area (Å²) in [7, 11) is 1.85. The molecule has 0 spiro atoms. The third-order valence-electron chi connectivity index (χ3n) is 2.53. The Kier molecular flexibility index (Phi) is 3.15. The van der Waals surface area contributed by atoms with Crippen LogP contribution in [0, 0.1) is 0 Å². The van der Waals surface area contributed by atoms with Gasteiger partial charge in [0.1, 0.15) is 5.82 Å². The zero-order valence-electron chi connectivity index (χ0n) is 9.15. The van der Waals surface area contributed by atoms with Crippen LogP contribution in [-0.2, 0) is 19.9 Å². The first kappa shape index (κ1) is 11.0. The molecule has 4 heteroatoms. The van der Waals surface area contributed by atoms with E-state index in [1.807, 2.05) is 31.3 Å². The molecule has 0 aliphatic heterocycles. The number of hydrogen-bond acceptors (Lipinski definition) is 2. The first-order valence-corrected chi connectivity index (χ1v) is 5.56. The molecule has 0 radical (unpaired) electrons. The van der Waals surface area contributed by atoms with Crippen molar-refractivity contribution in [3.63, 3.8) is 0 Å². The molecule has 3 nitrogen and oxygen atoms in total. The number of rotatable bonds is 3. The van der Waals surface area contributed by atoms with Crippen molar-refractivity contribution in [2.24, 2.45) is 7.05 Å². The van der Waals surface area contributed by atoms with E-state index >= 15 is 0 Å². The molecule has 2 rings (SSSR count). The predicted octanol–water partition coefficient (Wildman–Crippen LogP) is 2.44. The number of halogens is 1. The second kappa shape index (κ2) is 4.58. The third kappa shape index (κ3) is 2.55. The lowest BCUT2D eigenvalue weighted by molar-refractivity contribution is 0.745. The van der Waals surface area contributed by atoms with Crippen molar-refractivity contribution in [3.05, 3.63) is 46.6 Å². The van der Waals surface area contributed by atoms with Crippen LogP contribution in [0.25, 0.3) is 0 Å². The van der Waals surface area contributed by atoms with Crippen LogP contribution in [0.2, 0.25) is 5.02 Å². The van der Waals surface area contributed by atoms with Gasteiger partial charge in [-0.15, -0.1) is 0 Å². The van der Waals surface area contributed by atoms with Crippen LogP contribution in [0.3, 0.4) is 0 Å². The zero-order chi connectivity index (χ0) is 11.5. The van der Waals surface area contributed by atoms with Gasteiger partial charge in [0.25, 0.3) is 0 Å². The maximum Gasteiger partial charge on any atom is 0.121 e. The van der Waals surface area contributed by atoms with Gasteiger partial charge in [0.2, 0.25) is 0 Å². The Hall–Kier alpha value is -1.48. The van der Waals surface area contributed by atoms with Crippen LogP contribution >= 0.6 is 11.6 Å². The predicted molar refractivity (Wildman–Crippen MR) is 66.5 cm³/mol. The van der Waals surface area contributed by atoms with Crippen molar-refractivity contribution < 1.29 is 0 Å². The quantitative estimate of drug-likeness (QED) is 0.888. The van der Waals surface area contributed by atoms with Crippen molar-refractivity contribution in [2.45, 2.75) is 12.8 Å². The molecule has 0 fully saturated rings. The third-order valence-corrected chi connectivity index (χ3v) is 2.76. The lowest BCUT2D eigenvalue weighted by Gasteiger charge is -1.99. The highest BCUT2D eigenvalue weighted by atomic mass is 35.5. The Labute approximate surface area is 99.8 Å². The zero-order valence-corrected chi connectivity index (χ0v) is 9.91. The molecular formula is C12H14ClN3. The highest BCUT2D eigenvalue weighted by molar-refractivity contribution is 6.30. The Balaban J connectivity index is 2.02. The number of anilines is 1. The number of benzene rings is 1. The molecule has 0 saturated heterocycles. The summed E-state index contributed by atoms with van der Waals surface area (Å²) in [6.07, 6.45) is 1.81. The van der Waals surface area contributed by atoms with E-state index in [1.165, 1.54) is 5.56 Å². The summed E-state index contributed by atoms with van der Waals surface area (Å²) in [5.41, 5.74) is 7.95. The van der Waals surface area contributed by atoms with Crippen LogP contribution in [0.15, 0.2) is 30.3 Å². The number of hydrogen-bond donors (Lipinski definition) is 1. The fourth-order valence-corrected chi connectivity index (χ4v) is 1.84. The molecule has 0 bridgehead atoms. The number of nitrogens with zero attached hydrogens (tertiary/aromatic N) is 2. The van der Waals surface area contributed by atoms with Crippen molar-refractivity contribution in [1.82, 2.24) is 9.78 Å². The van der Waals surface area contributed by atoms with Crippen LogP contribution in [-0.4, -0.2) is 9.78 Å². The lowest BCUT2D eigenvalue weighted by Crippen LogP contribution is -1.97. The van der Waals surface area contributed by atoms with E-state index in [-0.39, 0.29) is 0 Å². The minimum Gasteiger partial charge on any atom is -0.384 e. The number of nitrogen functional groups attached to an aromatic ring is 1. The SMILES string of the molecule is Cn1nc(CCc2cccc(Cl)c2)cc1N. The summed E-state index contributed by atoms with van der Waals surface area (Å²) >= 11 is 5.92. The molecule has 0 amide bonds. The van der Waals surface area contributed by atoms with Gasteiger partial charge in [-0.05, 0) is 30.5 Å². The highest BCUT2D eigenvalue weighted by Crippen LogP contribution is 2.13. The van der Waals surface area contributed by atoms with Crippen LogP contribution in [0.1, 0.15) is 11.3 Å². The Morgan fingerprint density at radius 1 is 1.31 bits per heavy atom. The summed E-state index contributed by atoms with van der Waals surface area (Å²) in [6.45, 7) is 0. The van der Waals surface area contributed by atoms with Gasteiger partial charge in [0, 0.05) is 18.1 Å². The van der Waals surface area contributed by atoms with Crippen molar-refractivity contribution >= 4 is 17.4 Å². The largest absolute Gasteiger partial charge is 0.384 e. The average Bonchev–Trinajstić information content (AvgIpc) is 2.56. The molecule has 0 atom stereocenters. The second-order valence-corrected chi connectivity index (χ2v) is 4.25. The fourth-order valence-electron chi connectivity index (χ4n) is 1.63. The van der Waals surface area contributed by atoms with Gasteiger partial charge in [-0.2, -0.15) is 5.10 Å². The van der Waals surface area contributed by atoms with Gasteiger partial charge in [0.05, 0.1) is 5.69 Å².